The molecule has 152 valence electrons. The Morgan fingerprint density at radius 1 is 0.966 bits per heavy atom. The number of fused-ring (bicyclic) bond motifs is 2. The maximum Gasteiger partial charge on any atom is 0.243 e. The molecule has 0 bridgehead atoms. The van der Waals surface area contributed by atoms with Gasteiger partial charge in [0, 0.05) is 32.2 Å². The second kappa shape index (κ2) is 7.56. The van der Waals surface area contributed by atoms with Crippen molar-refractivity contribution in [3.63, 3.8) is 0 Å². The fourth-order valence-electron chi connectivity index (χ4n) is 3.64. The van der Waals surface area contributed by atoms with E-state index in [0.717, 1.165) is 17.1 Å². The maximum absolute atomic E-state index is 13.1. The zero-order chi connectivity index (χ0) is 19.8. The van der Waals surface area contributed by atoms with E-state index in [4.69, 9.17) is 9.47 Å². The van der Waals surface area contributed by atoms with Crippen LogP contribution in [0.1, 0.15) is 5.01 Å². The smallest absolute Gasteiger partial charge is 0.243 e. The van der Waals surface area contributed by atoms with E-state index in [0.29, 0.717) is 50.9 Å². The molecule has 3 aromatic rings. The lowest BCUT2D eigenvalue weighted by atomic mass is 10.3. The first-order valence-electron chi connectivity index (χ1n) is 9.56. The zero-order valence-electron chi connectivity index (χ0n) is 15.8. The normalized spacial score (nSPS) is 18.2. The van der Waals surface area contributed by atoms with Gasteiger partial charge in [-0.25, -0.2) is 13.4 Å². The molecule has 0 radical (unpaired) electrons. The molecule has 0 N–H and O–H groups in total. The molecule has 1 saturated heterocycles. The fraction of sp³-hybridized carbons (Fsp3) is 0.350. The number of ether oxygens (including phenoxy) is 2. The van der Waals surface area contributed by atoms with Gasteiger partial charge in [-0.15, -0.1) is 11.3 Å². The van der Waals surface area contributed by atoms with E-state index in [2.05, 4.69) is 16.0 Å². The lowest BCUT2D eigenvalue weighted by Crippen LogP contribution is -2.48. The number of hydrogen-bond acceptors (Lipinski definition) is 7. The van der Waals surface area contributed by atoms with Crippen molar-refractivity contribution >= 4 is 31.6 Å². The third-order valence-electron chi connectivity index (χ3n) is 5.18. The number of sulfonamides is 1. The highest BCUT2D eigenvalue weighted by Crippen LogP contribution is 2.33. The number of para-hydroxylation sites is 1. The highest BCUT2D eigenvalue weighted by atomic mass is 32.2. The minimum atomic E-state index is -3.55. The lowest BCUT2D eigenvalue weighted by Gasteiger charge is -2.33. The van der Waals surface area contributed by atoms with Gasteiger partial charge in [-0.2, -0.15) is 4.31 Å². The van der Waals surface area contributed by atoms with Crippen molar-refractivity contribution in [2.45, 2.75) is 11.4 Å². The Kier molecular flexibility index (Phi) is 4.91. The van der Waals surface area contributed by atoms with E-state index >= 15 is 0 Å². The third kappa shape index (κ3) is 3.71. The summed E-state index contributed by atoms with van der Waals surface area (Å²) in [4.78, 5) is 7.19. The molecule has 29 heavy (non-hydrogen) atoms. The Morgan fingerprint density at radius 3 is 2.52 bits per heavy atom. The van der Waals surface area contributed by atoms with E-state index in [-0.39, 0.29) is 4.90 Å². The number of rotatable bonds is 4. The average Bonchev–Trinajstić information content (AvgIpc) is 3.16. The highest BCUT2D eigenvalue weighted by Gasteiger charge is 2.30. The van der Waals surface area contributed by atoms with Crippen molar-refractivity contribution in [1.29, 1.82) is 0 Å². The van der Waals surface area contributed by atoms with Crippen LogP contribution in [0.2, 0.25) is 0 Å². The Bertz CT molecular complexity index is 1100. The van der Waals surface area contributed by atoms with Crippen LogP contribution in [0.3, 0.4) is 0 Å². The van der Waals surface area contributed by atoms with Crippen LogP contribution < -0.4 is 9.47 Å². The molecular formula is C20H21N3O4S2. The predicted molar refractivity (Wildman–Crippen MR) is 111 cm³/mol. The summed E-state index contributed by atoms with van der Waals surface area (Å²) in [7, 11) is -3.55. The molecule has 5 rings (SSSR count). The lowest BCUT2D eigenvalue weighted by molar-refractivity contribution is 0.170. The van der Waals surface area contributed by atoms with Crippen molar-refractivity contribution in [2.24, 2.45) is 0 Å². The number of nitrogens with zero attached hydrogens (tertiary/aromatic N) is 3. The largest absolute Gasteiger partial charge is 0.486 e. The molecule has 7 nitrogen and oxygen atoms in total. The third-order valence-corrected chi connectivity index (χ3v) is 8.10. The summed E-state index contributed by atoms with van der Waals surface area (Å²) in [5, 5.41) is 1.06. The maximum atomic E-state index is 13.1. The molecule has 0 saturated carbocycles. The van der Waals surface area contributed by atoms with Crippen LogP contribution in [0.5, 0.6) is 11.5 Å². The van der Waals surface area contributed by atoms with Crippen LogP contribution in [0.15, 0.2) is 47.4 Å². The van der Waals surface area contributed by atoms with Gasteiger partial charge in [-0.3, -0.25) is 4.90 Å². The van der Waals surface area contributed by atoms with Gasteiger partial charge in [-0.1, -0.05) is 12.1 Å². The molecule has 0 atom stereocenters. The molecule has 1 aromatic heterocycles. The van der Waals surface area contributed by atoms with Gasteiger partial charge in [0.25, 0.3) is 0 Å². The van der Waals surface area contributed by atoms with E-state index in [9.17, 15) is 8.42 Å². The highest BCUT2D eigenvalue weighted by molar-refractivity contribution is 7.89. The summed E-state index contributed by atoms with van der Waals surface area (Å²) in [5.41, 5.74) is 1.02. The van der Waals surface area contributed by atoms with Crippen molar-refractivity contribution < 1.29 is 17.9 Å². The number of thiazole rings is 1. The minimum Gasteiger partial charge on any atom is -0.486 e. The quantitative estimate of drug-likeness (QED) is 0.632. The predicted octanol–water partition coefficient (Wildman–Crippen LogP) is 2.57. The van der Waals surface area contributed by atoms with Gasteiger partial charge in [-0.05, 0) is 24.3 Å². The zero-order valence-corrected chi connectivity index (χ0v) is 17.4. The average molecular weight is 432 g/mol. The molecule has 0 unspecified atom stereocenters. The van der Waals surface area contributed by atoms with Crippen LogP contribution in [0.4, 0.5) is 0 Å². The van der Waals surface area contributed by atoms with E-state index in [1.807, 2.05) is 18.2 Å². The number of piperazine rings is 1. The minimum absolute atomic E-state index is 0.251. The van der Waals surface area contributed by atoms with Crippen molar-refractivity contribution in [3.05, 3.63) is 47.5 Å². The first-order valence-corrected chi connectivity index (χ1v) is 11.8. The molecule has 0 amide bonds. The second-order valence-electron chi connectivity index (χ2n) is 7.06. The van der Waals surface area contributed by atoms with Gasteiger partial charge in [0.2, 0.25) is 10.0 Å². The van der Waals surface area contributed by atoms with E-state index in [1.165, 1.54) is 4.70 Å². The van der Waals surface area contributed by atoms with Crippen LogP contribution >= 0.6 is 11.3 Å². The summed E-state index contributed by atoms with van der Waals surface area (Å²) in [6, 6.07) is 12.9. The first-order chi connectivity index (χ1) is 14.1. The Hall–Kier alpha value is -2.20. The van der Waals surface area contributed by atoms with Gasteiger partial charge in [0.15, 0.2) is 11.5 Å². The molecule has 0 aliphatic carbocycles. The van der Waals surface area contributed by atoms with Gasteiger partial charge < -0.3 is 9.47 Å². The number of aromatic nitrogens is 1. The Balaban J connectivity index is 1.26. The van der Waals surface area contributed by atoms with Crippen molar-refractivity contribution in [3.8, 4) is 11.5 Å². The van der Waals surface area contributed by atoms with E-state index in [1.54, 1.807) is 33.8 Å². The Labute approximate surface area is 173 Å². The SMILES string of the molecule is O=S(=O)(c1ccc2c(c1)OCCO2)N1CCN(Cc2nc3ccccc3s2)CC1. The molecular weight excluding hydrogens is 410 g/mol. The van der Waals surface area contributed by atoms with Gasteiger partial charge >= 0.3 is 0 Å². The molecule has 0 spiro atoms. The standard InChI is InChI=1S/C20H21N3O4S2/c24-29(25,15-5-6-17-18(13-15)27-12-11-26-17)23-9-7-22(8-10-23)14-20-21-16-3-1-2-4-19(16)28-20/h1-6,13H,7-12,14H2. The summed E-state index contributed by atoms with van der Waals surface area (Å²) < 4.78 is 39.9. The number of benzene rings is 2. The van der Waals surface area contributed by atoms with Crippen molar-refractivity contribution in [2.75, 3.05) is 39.4 Å². The fourth-order valence-corrected chi connectivity index (χ4v) is 6.09. The van der Waals surface area contributed by atoms with Crippen LogP contribution in [-0.4, -0.2) is 62.0 Å². The monoisotopic (exact) mass is 431 g/mol. The summed E-state index contributed by atoms with van der Waals surface area (Å²) in [6.45, 7) is 3.94. The molecule has 9 heteroatoms. The van der Waals surface area contributed by atoms with Crippen LogP contribution in [-0.2, 0) is 16.6 Å². The van der Waals surface area contributed by atoms with Gasteiger partial charge in [0.05, 0.1) is 21.7 Å². The Morgan fingerprint density at radius 2 is 1.72 bits per heavy atom. The molecule has 3 heterocycles. The van der Waals surface area contributed by atoms with Crippen LogP contribution in [0, 0.1) is 0 Å². The first kappa shape index (κ1) is 18.8. The second-order valence-corrected chi connectivity index (χ2v) is 10.1. The number of hydrogen-bond donors (Lipinski definition) is 0. The van der Waals surface area contributed by atoms with Crippen LogP contribution in [0.25, 0.3) is 10.2 Å². The molecule has 2 aromatic carbocycles. The topological polar surface area (TPSA) is 72.0 Å². The van der Waals surface area contributed by atoms with E-state index < -0.39 is 10.0 Å². The summed E-state index contributed by atoms with van der Waals surface area (Å²) >= 11 is 1.70. The molecule has 2 aliphatic heterocycles. The molecule has 1 fully saturated rings. The van der Waals surface area contributed by atoms with Crippen molar-refractivity contribution in [1.82, 2.24) is 14.2 Å². The molecule has 2 aliphatic rings. The summed E-state index contributed by atoms with van der Waals surface area (Å²) in [6.07, 6.45) is 0. The van der Waals surface area contributed by atoms with Gasteiger partial charge in [0.1, 0.15) is 18.2 Å². The summed E-state index contributed by atoms with van der Waals surface area (Å²) in [5.74, 6) is 1.09.